The molecule has 0 aromatic heterocycles. The molecule has 12 heteroatoms. The summed E-state index contributed by atoms with van der Waals surface area (Å²) in [6, 6.07) is 3.50. The van der Waals surface area contributed by atoms with E-state index in [0.29, 0.717) is 26.9 Å². The topological polar surface area (TPSA) is 118 Å². The van der Waals surface area contributed by atoms with Gasteiger partial charge in [-0.15, -0.1) is 0 Å². The number of carbonyl (C=O) groups is 4. The molecule has 41 heavy (non-hydrogen) atoms. The smallest absolute Gasteiger partial charge is 0.420 e. The number of carbonyl (C=O) groups excluding carboxylic acids is 4. The molecule has 4 atom stereocenters. The summed E-state index contributed by atoms with van der Waals surface area (Å²) in [6.45, 7) is 14.2. The molecule has 230 valence electrons. The van der Waals surface area contributed by atoms with E-state index in [1.165, 1.54) is 0 Å². The summed E-state index contributed by atoms with van der Waals surface area (Å²) in [4.78, 5) is 53.1. The van der Waals surface area contributed by atoms with Gasteiger partial charge in [0.15, 0.2) is 6.04 Å². The monoisotopic (exact) mass is 617 g/mol. The highest BCUT2D eigenvalue weighted by Crippen LogP contribution is 2.29. The summed E-state index contributed by atoms with van der Waals surface area (Å²) < 4.78 is 28.3. The number of cyclic esters (lactones) is 1. The van der Waals surface area contributed by atoms with Gasteiger partial charge in [-0.3, -0.25) is 4.79 Å². The zero-order chi connectivity index (χ0) is 31.3. The molecular weight excluding hydrogens is 577 g/mol. The molecule has 0 spiro atoms. The Kier molecular flexibility index (Phi) is 11.9. The van der Waals surface area contributed by atoms with Gasteiger partial charge in [0.25, 0.3) is 0 Å². The van der Waals surface area contributed by atoms with Gasteiger partial charge in [-0.25, -0.2) is 14.4 Å². The lowest BCUT2D eigenvalue weighted by Crippen LogP contribution is -2.54. The van der Waals surface area contributed by atoms with Crippen molar-refractivity contribution in [2.24, 2.45) is 11.8 Å². The van der Waals surface area contributed by atoms with E-state index < -0.39 is 72.0 Å². The molecule has 2 amide bonds. The largest absolute Gasteiger partial charge is 0.458 e. The first-order chi connectivity index (χ1) is 18.8. The van der Waals surface area contributed by atoms with Crippen molar-refractivity contribution in [3.63, 3.8) is 0 Å². The van der Waals surface area contributed by atoms with Crippen molar-refractivity contribution in [2.45, 2.75) is 98.2 Å². The average Bonchev–Trinajstić information content (AvgIpc) is 2.84. The second kappa shape index (κ2) is 14.1. The molecule has 1 aromatic rings. The molecule has 1 heterocycles. The fraction of sp³-hybridized carbons (Fsp3) is 0.655. The number of hydrogen-bond donors (Lipinski definition) is 0. The summed E-state index contributed by atoms with van der Waals surface area (Å²) in [5, 5.41) is 0.872. The van der Waals surface area contributed by atoms with Crippen LogP contribution in [0.1, 0.15) is 67.9 Å². The van der Waals surface area contributed by atoms with Gasteiger partial charge in [0.1, 0.15) is 23.4 Å². The maximum Gasteiger partial charge on any atom is 0.420 e. The first-order valence-corrected chi connectivity index (χ1v) is 14.2. The molecule has 2 rings (SSSR count). The second-order valence-electron chi connectivity index (χ2n) is 12.3. The third-order valence-electron chi connectivity index (χ3n) is 5.82. The summed E-state index contributed by atoms with van der Waals surface area (Å²) in [5.74, 6) is -2.42. The molecule has 4 unspecified atom stereocenters. The Balaban J connectivity index is 2.48. The predicted octanol–water partition coefficient (Wildman–Crippen LogP) is 6.22. The van der Waals surface area contributed by atoms with E-state index in [1.54, 1.807) is 80.5 Å². The van der Waals surface area contributed by atoms with Crippen LogP contribution in [0.2, 0.25) is 10.0 Å². The van der Waals surface area contributed by atoms with Crippen molar-refractivity contribution in [3.05, 3.63) is 33.8 Å². The zero-order valence-electron chi connectivity index (χ0n) is 25.1. The van der Waals surface area contributed by atoms with Crippen LogP contribution in [0.4, 0.5) is 9.59 Å². The van der Waals surface area contributed by atoms with Crippen LogP contribution in [0, 0.1) is 11.8 Å². The Morgan fingerprint density at radius 3 is 2.05 bits per heavy atom. The predicted molar refractivity (Wildman–Crippen MR) is 153 cm³/mol. The standard InChI is InChI=1S/C29H41Cl2NO9/c1-16(2)24(33)39-23-17(3)38-25(34)22(15-37-14-19(23)12-18-10-11-20(30)13-21(18)31)32(26(35)40-28(4,5)6)27(36)41-29(7,8)9/h10-11,13,16-17,19,22-23H,12,14-15H2,1-9H3. The molecule has 1 fully saturated rings. The first kappa shape index (κ1) is 34.6. The molecule has 1 aromatic carbocycles. The van der Waals surface area contributed by atoms with Crippen molar-refractivity contribution in [3.8, 4) is 0 Å². The maximum absolute atomic E-state index is 13.5. The van der Waals surface area contributed by atoms with Crippen LogP contribution >= 0.6 is 23.2 Å². The summed E-state index contributed by atoms with van der Waals surface area (Å²) >= 11 is 12.5. The third-order valence-corrected chi connectivity index (χ3v) is 6.41. The Bertz CT molecular complexity index is 1080. The van der Waals surface area contributed by atoms with Crippen LogP contribution in [0.5, 0.6) is 0 Å². The van der Waals surface area contributed by atoms with Gasteiger partial charge in [-0.2, -0.15) is 4.90 Å². The number of hydrogen-bond acceptors (Lipinski definition) is 9. The number of halogens is 2. The number of imide groups is 1. The number of amides is 2. The lowest BCUT2D eigenvalue weighted by Gasteiger charge is -2.32. The Morgan fingerprint density at radius 2 is 1.56 bits per heavy atom. The minimum absolute atomic E-state index is 0.0248. The molecule has 1 aliphatic heterocycles. The Labute approximate surface area is 251 Å². The fourth-order valence-corrected chi connectivity index (χ4v) is 4.43. The average molecular weight is 619 g/mol. The van der Waals surface area contributed by atoms with Gasteiger partial charge in [0, 0.05) is 16.0 Å². The van der Waals surface area contributed by atoms with Gasteiger partial charge >= 0.3 is 24.1 Å². The number of nitrogens with zero attached hydrogens (tertiary/aromatic N) is 1. The van der Waals surface area contributed by atoms with Crippen LogP contribution in [-0.2, 0) is 39.7 Å². The van der Waals surface area contributed by atoms with E-state index in [2.05, 4.69) is 0 Å². The molecule has 10 nitrogen and oxygen atoms in total. The van der Waals surface area contributed by atoms with Gasteiger partial charge in [-0.05, 0) is 72.6 Å². The Morgan fingerprint density at radius 1 is 1.00 bits per heavy atom. The second-order valence-corrected chi connectivity index (χ2v) is 13.1. The molecule has 1 saturated heterocycles. The molecule has 0 bridgehead atoms. The van der Waals surface area contributed by atoms with E-state index >= 15 is 0 Å². The zero-order valence-corrected chi connectivity index (χ0v) is 26.6. The van der Waals surface area contributed by atoms with Crippen molar-refractivity contribution in [1.29, 1.82) is 0 Å². The van der Waals surface area contributed by atoms with E-state index in [-0.39, 0.29) is 6.61 Å². The molecule has 0 aliphatic carbocycles. The third kappa shape index (κ3) is 10.7. The molecular formula is C29H41Cl2NO9. The van der Waals surface area contributed by atoms with Crippen LogP contribution in [0.3, 0.4) is 0 Å². The molecule has 0 N–H and O–H groups in total. The van der Waals surface area contributed by atoms with E-state index in [0.717, 1.165) is 0 Å². The van der Waals surface area contributed by atoms with Gasteiger partial charge in [-0.1, -0.05) is 43.1 Å². The van der Waals surface area contributed by atoms with Gasteiger partial charge in [0.2, 0.25) is 0 Å². The molecule has 1 aliphatic rings. The highest BCUT2D eigenvalue weighted by atomic mass is 35.5. The number of rotatable bonds is 5. The van der Waals surface area contributed by atoms with Crippen LogP contribution < -0.4 is 0 Å². The molecule has 0 radical (unpaired) electrons. The van der Waals surface area contributed by atoms with Crippen LogP contribution in [-0.4, -0.2) is 71.7 Å². The highest BCUT2D eigenvalue weighted by Gasteiger charge is 2.44. The lowest BCUT2D eigenvalue weighted by molar-refractivity contribution is -0.174. The summed E-state index contributed by atoms with van der Waals surface area (Å²) in [6.07, 6.45) is -3.83. The number of ether oxygens (including phenoxy) is 5. The SMILES string of the molecule is CC(C)C(=O)OC1C(Cc2ccc(Cl)cc2Cl)COCC(N(C(=O)OC(C)(C)C)C(=O)OC(C)(C)C)C(=O)OC1C. The quantitative estimate of drug-likeness (QED) is 0.280. The normalized spacial score (nSPS) is 22.1. The van der Waals surface area contributed by atoms with Crippen molar-refractivity contribution < 1.29 is 42.9 Å². The lowest BCUT2D eigenvalue weighted by atomic mass is 9.91. The van der Waals surface area contributed by atoms with Crippen molar-refractivity contribution in [2.75, 3.05) is 13.2 Å². The van der Waals surface area contributed by atoms with E-state index in [9.17, 15) is 19.2 Å². The van der Waals surface area contributed by atoms with Crippen molar-refractivity contribution >= 4 is 47.3 Å². The van der Waals surface area contributed by atoms with E-state index in [1.807, 2.05) is 0 Å². The number of benzene rings is 1. The summed E-state index contributed by atoms with van der Waals surface area (Å²) in [7, 11) is 0. The minimum atomic E-state index is -1.54. The minimum Gasteiger partial charge on any atom is -0.458 e. The number of esters is 2. The van der Waals surface area contributed by atoms with Gasteiger partial charge in [0.05, 0.1) is 19.1 Å². The Hall–Kier alpha value is -2.56. The van der Waals surface area contributed by atoms with Crippen molar-refractivity contribution in [1.82, 2.24) is 4.90 Å². The maximum atomic E-state index is 13.5. The first-order valence-electron chi connectivity index (χ1n) is 13.5. The highest BCUT2D eigenvalue weighted by molar-refractivity contribution is 6.35. The van der Waals surface area contributed by atoms with Crippen LogP contribution in [0.25, 0.3) is 0 Å². The summed E-state index contributed by atoms with van der Waals surface area (Å²) in [5.41, 5.74) is -1.24. The molecule has 0 saturated carbocycles. The van der Waals surface area contributed by atoms with E-state index in [4.69, 9.17) is 46.9 Å². The fourth-order valence-electron chi connectivity index (χ4n) is 3.94. The van der Waals surface area contributed by atoms with Crippen LogP contribution in [0.15, 0.2) is 18.2 Å². The van der Waals surface area contributed by atoms with Gasteiger partial charge < -0.3 is 23.7 Å².